The number of rotatable bonds is 6. The van der Waals surface area contributed by atoms with E-state index in [9.17, 15) is 4.39 Å². The fourth-order valence-electron chi connectivity index (χ4n) is 1.56. The highest BCUT2D eigenvalue weighted by Gasteiger charge is 2.01. The van der Waals surface area contributed by atoms with Gasteiger partial charge in [-0.25, -0.2) is 4.39 Å². The summed E-state index contributed by atoms with van der Waals surface area (Å²) >= 11 is 5.99. The lowest BCUT2D eigenvalue weighted by Gasteiger charge is -2.08. The Morgan fingerprint density at radius 1 is 1.26 bits per heavy atom. The van der Waals surface area contributed by atoms with E-state index in [1.54, 1.807) is 36.7 Å². The minimum absolute atomic E-state index is 0.267. The molecule has 5 heteroatoms. The lowest BCUT2D eigenvalue weighted by molar-refractivity contribution is 0.298. The summed E-state index contributed by atoms with van der Waals surface area (Å²) < 4.78 is 18.6. The van der Waals surface area contributed by atoms with E-state index in [4.69, 9.17) is 16.3 Å². The summed E-state index contributed by atoms with van der Waals surface area (Å²) in [6, 6.07) is 8.09. The van der Waals surface area contributed by atoms with Gasteiger partial charge in [0.05, 0.1) is 0 Å². The molecule has 0 bridgehead atoms. The van der Waals surface area contributed by atoms with Gasteiger partial charge in [-0.05, 0) is 18.2 Å². The van der Waals surface area contributed by atoms with Crippen molar-refractivity contribution in [2.45, 2.75) is 6.54 Å². The van der Waals surface area contributed by atoms with Gasteiger partial charge in [0.1, 0.15) is 6.61 Å². The van der Waals surface area contributed by atoms with E-state index in [1.807, 2.05) is 0 Å². The summed E-state index contributed by atoms with van der Waals surface area (Å²) in [6.45, 7) is 1.59. The van der Waals surface area contributed by atoms with E-state index >= 15 is 0 Å². The molecule has 1 aromatic carbocycles. The van der Waals surface area contributed by atoms with Crippen molar-refractivity contribution >= 4 is 11.6 Å². The lowest BCUT2D eigenvalue weighted by Crippen LogP contribution is -2.21. The summed E-state index contributed by atoms with van der Waals surface area (Å²) in [6.07, 6.45) is 3.36. The Morgan fingerprint density at radius 2 is 2.11 bits per heavy atom. The molecule has 100 valence electrons. The van der Waals surface area contributed by atoms with Crippen LogP contribution in [-0.4, -0.2) is 18.1 Å². The summed E-state index contributed by atoms with van der Waals surface area (Å²) in [5.41, 5.74) is 0.926. The Kier molecular flexibility index (Phi) is 5.12. The molecule has 3 nitrogen and oxygen atoms in total. The highest BCUT2D eigenvalue weighted by atomic mass is 35.5. The molecule has 0 radical (unpaired) electrons. The topological polar surface area (TPSA) is 34.1 Å². The van der Waals surface area contributed by atoms with Crippen LogP contribution in [0.5, 0.6) is 5.75 Å². The molecule has 2 aromatic rings. The normalized spacial score (nSPS) is 10.4. The minimum atomic E-state index is -0.349. The number of nitrogens with zero attached hydrogens (tertiary/aromatic N) is 1. The third-order valence-electron chi connectivity index (χ3n) is 2.53. The van der Waals surface area contributed by atoms with Crippen LogP contribution in [0.15, 0.2) is 42.7 Å². The number of aromatic nitrogens is 1. The Bertz CT molecular complexity index is 489. The fraction of sp³-hybridized carbons (Fsp3) is 0.214. The van der Waals surface area contributed by atoms with Gasteiger partial charge in [-0.2, -0.15) is 0 Å². The second-order valence-electron chi connectivity index (χ2n) is 3.92. The number of ether oxygens (including phenoxy) is 1. The van der Waals surface area contributed by atoms with E-state index in [1.165, 1.54) is 6.07 Å². The van der Waals surface area contributed by atoms with Crippen molar-refractivity contribution in [3.63, 3.8) is 0 Å². The Balaban J connectivity index is 1.71. The quantitative estimate of drug-likeness (QED) is 0.826. The van der Waals surface area contributed by atoms with Crippen molar-refractivity contribution in [1.29, 1.82) is 0 Å². The SMILES string of the molecule is Fc1ccccc1OCCNCc1cnccc1Cl. The van der Waals surface area contributed by atoms with Gasteiger partial charge in [-0.1, -0.05) is 23.7 Å². The third kappa shape index (κ3) is 4.19. The van der Waals surface area contributed by atoms with Crippen molar-refractivity contribution in [2.75, 3.05) is 13.2 Å². The van der Waals surface area contributed by atoms with Crippen LogP contribution in [0.25, 0.3) is 0 Å². The zero-order valence-electron chi connectivity index (χ0n) is 10.3. The van der Waals surface area contributed by atoms with Crippen LogP contribution in [-0.2, 0) is 6.54 Å². The first kappa shape index (κ1) is 13.8. The standard InChI is InChI=1S/C14H14ClFN2O/c15-12-5-6-17-9-11(12)10-18-7-8-19-14-4-2-1-3-13(14)16/h1-6,9,18H,7-8,10H2. The van der Waals surface area contributed by atoms with Crippen LogP contribution in [0.1, 0.15) is 5.56 Å². The number of halogens is 2. The number of hydrogen-bond donors (Lipinski definition) is 1. The van der Waals surface area contributed by atoms with E-state index in [0.717, 1.165) is 5.56 Å². The van der Waals surface area contributed by atoms with Crippen LogP contribution in [0.3, 0.4) is 0 Å². The van der Waals surface area contributed by atoms with E-state index in [-0.39, 0.29) is 11.6 Å². The molecular weight excluding hydrogens is 267 g/mol. The van der Waals surface area contributed by atoms with Gasteiger partial charge in [-0.3, -0.25) is 4.98 Å². The highest BCUT2D eigenvalue weighted by molar-refractivity contribution is 6.31. The summed E-state index contributed by atoms with van der Waals surface area (Å²) in [4.78, 5) is 4.00. The van der Waals surface area contributed by atoms with Crippen molar-refractivity contribution in [2.24, 2.45) is 0 Å². The number of nitrogens with one attached hydrogen (secondary N) is 1. The third-order valence-corrected chi connectivity index (χ3v) is 2.90. The monoisotopic (exact) mass is 280 g/mol. The van der Waals surface area contributed by atoms with Gasteiger partial charge in [0.15, 0.2) is 11.6 Å². The van der Waals surface area contributed by atoms with Gasteiger partial charge >= 0.3 is 0 Å². The smallest absolute Gasteiger partial charge is 0.165 e. The van der Waals surface area contributed by atoms with E-state index in [0.29, 0.717) is 24.7 Å². The summed E-state index contributed by atoms with van der Waals surface area (Å²) in [5.74, 6) is -0.0819. The molecule has 19 heavy (non-hydrogen) atoms. The van der Waals surface area contributed by atoms with Gasteiger partial charge in [0, 0.05) is 36.1 Å². The maximum Gasteiger partial charge on any atom is 0.165 e. The van der Waals surface area contributed by atoms with Gasteiger partial charge < -0.3 is 10.1 Å². The first-order chi connectivity index (χ1) is 9.27. The molecule has 0 unspecified atom stereocenters. The van der Waals surface area contributed by atoms with Crippen molar-refractivity contribution in [1.82, 2.24) is 10.3 Å². The largest absolute Gasteiger partial charge is 0.489 e. The van der Waals surface area contributed by atoms with Gasteiger partial charge in [0.2, 0.25) is 0 Å². The second kappa shape index (κ2) is 7.07. The van der Waals surface area contributed by atoms with Crippen LogP contribution in [0, 0.1) is 5.82 Å². The number of pyridine rings is 1. The van der Waals surface area contributed by atoms with Crippen LogP contribution >= 0.6 is 11.6 Å². The maximum absolute atomic E-state index is 13.2. The first-order valence-corrected chi connectivity index (χ1v) is 6.31. The van der Waals surface area contributed by atoms with Crippen LogP contribution < -0.4 is 10.1 Å². The van der Waals surface area contributed by atoms with Gasteiger partial charge in [0.25, 0.3) is 0 Å². The Morgan fingerprint density at radius 3 is 2.89 bits per heavy atom. The van der Waals surface area contributed by atoms with Gasteiger partial charge in [-0.15, -0.1) is 0 Å². The molecule has 1 N–H and O–H groups in total. The highest BCUT2D eigenvalue weighted by Crippen LogP contribution is 2.15. The molecule has 0 saturated heterocycles. The lowest BCUT2D eigenvalue weighted by atomic mass is 10.3. The molecule has 0 aliphatic heterocycles. The Hall–Kier alpha value is -1.65. The first-order valence-electron chi connectivity index (χ1n) is 5.94. The van der Waals surface area contributed by atoms with Crippen LogP contribution in [0.2, 0.25) is 5.02 Å². The fourth-order valence-corrected chi connectivity index (χ4v) is 1.73. The molecular formula is C14H14ClFN2O. The number of para-hydroxylation sites is 1. The molecule has 2 rings (SSSR count). The molecule has 0 fully saturated rings. The van der Waals surface area contributed by atoms with Crippen molar-refractivity contribution < 1.29 is 9.13 Å². The minimum Gasteiger partial charge on any atom is -0.489 e. The summed E-state index contributed by atoms with van der Waals surface area (Å²) in [7, 11) is 0. The van der Waals surface area contributed by atoms with Crippen molar-refractivity contribution in [3.05, 3.63) is 59.1 Å². The number of benzene rings is 1. The van der Waals surface area contributed by atoms with E-state index in [2.05, 4.69) is 10.3 Å². The van der Waals surface area contributed by atoms with Crippen LogP contribution in [0.4, 0.5) is 4.39 Å². The molecule has 0 atom stereocenters. The predicted octanol–water partition coefficient (Wildman–Crippen LogP) is 3.04. The van der Waals surface area contributed by atoms with E-state index < -0.39 is 0 Å². The molecule has 0 spiro atoms. The Labute approximate surface area is 116 Å². The molecule has 0 aliphatic rings. The molecule has 1 heterocycles. The number of hydrogen-bond acceptors (Lipinski definition) is 3. The molecule has 0 aliphatic carbocycles. The molecule has 0 amide bonds. The average Bonchev–Trinajstić information content (AvgIpc) is 2.42. The zero-order chi connectivity index (χ0) is 13.5. The maximum atomic E-state index is 13.2. The zero-order valence-corrected chi connectivity index (χ0v) is 11.0. The van der Waals surface area contributed by atoms with Crippen molar-refractivity contribution in [3.8, 4) is 5.75 Å². The second-order valence-corrected chi connectivity index (χ2v) is 4.33. The molecule has 0 saturated carbocycles. The summed E-state index contributed by atoms with van der Waals surface area (Å²) in [5, 5.41) is 3.84. The predicted molar refractivity (Wildman–Crippen MR) is 72.8 cm³/mol. The average molecular weight is 281 g/mol. The molecule has 1 aromatic heterocycles.